The van der Waals surface area contributed by atoms with Gasteiger partial charge in [-0.2, -0.15) is 0 Å². The van der Waals surface area contributed by atoms with Crippen LogP contribution in [0.25, 0.3) is 22.3 Å². The second-order valence-corrected chi connectivity index (χ2v) is 6.54. The molecule has 0 unspecified atom stereocenters. The van der Waals surface area contributed by atoms with Crippen molar-refractivity contribution in [3.8, 4) is 17.0 Å². The topological polar surface area (TPSA) is 64.1 Å². The van der Waals surface area contributed by atoms with Crippen molar-refractivity contribution in [1.29, 1.82) is 0 Å². The Hall–Kier alpha value is -3.25. The third kappa shape index (κ3) is 3.14. The van der Waals surface area contributed by atoms with E-state index < -0.39 is 0 Å². The summed E-state index contributed by atoms with van der Waals surface area (Å²) in [4.78, 5) is 22.1. The molecule has 0 atom stereocenters. The van der Waals surface area contributed by atoms with Gasteiger partial charge in [0.05, 0.1) is 40.6 Å². The molecule has 0 saturated heterocycles. The maximum atomic E-state index is 12.4. The number of hydrogen-bond donors (Lipinski definition) is 1. The van der Waals surface area contributed by atoms with E-state index in [0.29, 0.717) is 16.3 Å². The van der Waals surface area contributed by atoms with Crippen molar-refractivity contribution >= 4 is 34.0 Å². The van der Waals surface area contributed by atoms with Gasteiger partial charge in [-0.1, -0.05) is 18.2 Å². The van der Waals surface area contributed by atoms with Gasteiger partial charge in [-0.05, 0) is 41.8 Å². The quantitative estimate of drug-likeness (QED) is 0.576. The van der Waals surface area contributed by atoms with E-state index in [0.717, 1.165) is 22.3 Å². The standard InChI is InChI=1S/C20H15N3O2S/c1-25-18-9-8-13(11-16(18)23-20(24)19-7-4-10-26-19)17-12-21-14-5-2-3-6-15(14)22-17/h2-12H,1H3,(H,23,24). The van der Waals surface area contributed by atoms with Crippen LogP contribution in [0.2, 0.25) is 0 Å². The fourth-order valence-electron chi connectivity index (χ4n) is 2.65. The average molecular weight is 361 g/mol. The lowest BCUT2D eigenvalue weighted by atomic mass is 10.1. The Morgan fingerprint density at radius 2 is 1.92 bits per heavy atom. The number of fused-ring (bicyclic) bond motifs is 1. The molecule has 1 amide bonds. The van der Waals surface area contributed by atoms with Crippen molar-refractivity contribution < 1.29 is 9.53 Å². The van der Waals surface area contributed by atoms with E-state index in [1.807, 2.05) is 53.9 Å². The van der Waals surface area contributed by atoms with Gasteiger partial charge in [-0.25, -0.2) is 4.98 Å². The third-order valence-electron chi connectivity index (χ3n) is 3.94. The highest BCUT2D eigenvalue weighted by Crippen LogP contribution is 2.31. The van der Waals surface area contributed by atoms with Crippen LogP contribution in [0.15, 0.2) is 66.2 Å². The van der Waals surface area contributed by atoms with Crippen LogP contribution in [0, 0.1) is 0 Å². The summed E-state index contributed by atoms with van der Waals surface area (Å²) >= 11 is 1.39. The summed E-state index contributed by atoms with van der Waals surface area (Å²) in [5.74, 6) is 0.424. The van der Waals surface area contributed by atoms with E-state index in [1.165, 1.54) is 11.3 Å². The molecule has 0 aliphatic carbocycles. The number of amides is 1. The molecule has 26 heavy (non-hydrogen) atoms. The number of nitrogens with zero attached hydrogens (tertiary/aromatic N) is 2. The maximum Gasteiger partial charge on any atom is 0.265 e. The molecular weight excluding hydrogens is 346 g/mol. The zero-order valence-electron chi connectivity index (χ0n) is 14.0. The molecule has 0 aliphatic heterocycles. The van der Waals surface area contributed by atoms with Gasteiger partial charge in [0.2, 0.25) is 0 Å². The molecule has 1 N–H and O–H groups in total. The van der Waals surface area contributed by atoms with Crippen LogP contribution in [0.5, 0.6) is 5.75 Å². The van der Waals surface area contributed by atoms with Crippen LogP contribution in [-0.4, -0.2) is 23.0 Å². The monoisotopic (exact) mass is 361 g/mol. The van der Waals surface area contributed by atoms with Crippen LogP contribution in [0.4, 0.5) is 5.69 Å². The number of benzene rings is 2. The number of hydrogen-bond acceptors (Lipinski definition) is 5. The SMILES string of the molecule is COc1ccc(-c2cnc3ccccc3n2)cc1NC(=O)c1cccs1. The number of methoxy groups -OCH3 is 1. The number of rotatable bonds is 4. The number of para-hydroxylation sites is 2. The molecule has 0 fully saturated rings. The van der Waals surface area contributed by atoms with Crippen molar-refractivity contribution in [3.63, 3.8) is 0 Å². The molecule has 2 heterocycles. The molecule has 2 aromatic heterocycles. The fraction of sp³-hybridized carbons (Fsp3) is 0.0500. The lowest BCUT2D eigenvalue weighted by molar-refractivity contribution is 0.103. The highest BCUT2D eigenvalue weighted by Gasteiger charge is 2.13. The fourth-order valence-corrected chi connectivity index (χ4v) is 3.27. The number of carbonyl (C=O) groups excluding carboxylic acids is 1. The first kappa shape index (κ1) is 16.2. The van der Waals surface area contributed by atoms with Crippen molar-refractivity contribution in [2.75, 3.05) is 12.4 Å². The van der Waals surface area contributed by atoms with E-state index in [-0.39, 0.29) is 5.91 Å². The zero-order valence-corrected chi connectivity index (χ0v) is 14.8. The van der Waals surface area contributed by atoms with Gasteiger partial charge in [-0.3, -0.25) is 9.78 Å². The highest BCUT2D eigenvalue weighted by molar-refractivity contribution is 7.12. The summed E-state index contributed by atoms with van der Waals surface area (Å²) in [6, 6.07) is 16.9. The van der Waals surface area contributed by atoms with Crippen LogP contribution in [-0.2, 0) is 0 Å². The van der Waals surface area contributed by atoms with Gasteiger partial charge >= 0.3 is 0 Å². The summed E-state index contributed by atoms with van der Waals surface area (Å²) < 4.78 is 5.38. The van der Waals surface area contributed by atoms with Crippen LogP contribution >= 0.6 is 11.3 Å². The lowest BCUT2D eigenvalue weighted by Gasteiger charge is -2.12. The Bertz CT molecular complexity index is 1080. The molecule has 0 saturated carbocycles. The van der Waals surface area contributed by atoms with Crippen molar-refractivity contribution in [2.24, 2.45) is 0 Å². The van der Waals surface area contributed by atoms with E-state index in [9.17, 15) is 4.79 Å². The van der Waals surface area contributed by atoms with E-state index in [4.69, 9.17) is 4.74 Å². The minimum Gasteiger partial charge on any atom is -0.495 e. The number of ether oxygens (including phenoxy) is 1. The number of anilines is 1. The van der Waals surface area contributed by atoms with Gasteiger partial charge in [-0.15, -0.1) is 11.3 Å². The first-order valence-corrected chi connectivity index (χ1v) is 8.87. The molecule has 128 valence electrons. The zero-order chi connectivity index (χ0) is 17.9. The minimum absolute atomic E-state index is 0.167. The second kappa shape index (κ2) is 6.93. The molecule has 2 aromatic carbocycles. The van der Waals surface area contributed by atoms with Crippen LogP contribution in [0.1, 0.15) is 9.67 Å². The molecular formula is C20H15N3O2S. The van der Waals surface area contributed by atoms with Crippen molar-refractivity contribution in [1.82, 2.24) is 9.97 Å². The predicted molar refractivity (Wildman–Crippen MR) is 104 cm³/mol. The normalized spacial score (nSPS) is 10.7. The molecule has 0 spiro atoms. The Morgan fingerprint density at radius 3 is 2.69 bits per heavy atom. The Morgan fingerprint density at radius 1 is 1.08 bits per heavy atom. The summed E-state index contributed by atoms with van der Waals surface area (Å²) in [7, 11) is 1.58. The summed E-state index contributed by atoms with van der Waals surface area (Å²) in [5.41, 5.74) is 3.85. The van der Waals surface area contributed by atoms with Crippen LogP contribution < -0.4 is 10.1 Å². The minimum atomic E-state index is -0.167. The highest BCUT2D eigenvalue weighted by atomic mass is 32.1. The van der Waals surface area contributed by atoms with Crippen molar-refractivity contribution in [3.05, 3.63) is 71.1 Å². The summed E-state index contributed by atoms with van der Waals surface area (Å²) in [6.45, 7) is 0. The summed E-state index contributed by atoms with van der Waals surface area (Å²) in [6.07, 6.45) is 1.73. The summed E-state index contributed by atoms with van der Waals surface area (Å²) in [5, 5.41) is 4.78. The number of aromatic nitrogens is 2. The Labute approximate surface area is 154 Å². The van der Waals surface area contributed by atoms with Gasteiger partial charge < -0.3 is 10.1 Å². The Balaban J connectivity index is 1.71. The number of carbonyl (C=O) groups is 1. The van der Waals surface area contributed by atoms with E-state index >= 15 is 0 Å². The molecule has 0 aliphatic rings. The lowest BCUT2D eigenvalue weighted by Crippen LogP contribution is -2.11. The van der Waals surface area contributed by atoms with Gasteiger partial charge in [0.25, 0.3) is 5.91 Å². The number of thiophene rings is 1. The smallest absolute Gasteiger partial charge is 0.265 e. The van der Waals surface area contributed by atoms with Crippen molar-refractivity contribution in [2.45, 2.75) is 0 Å². The first-order chi connectivity index (χ1) is 12.7. The molecule has 4 aromatic rings. The molecule has 6 heteroatoms. The molecule has 0 bridgehead atoms. The average Bonchev–Trinajstić information content (AvgIpc) is 3.22. The maximum absolute atomic E-state index is 12.4. The molecule has 5 nitrogen and oxygen atoms in total. The van der Waals surface area contributed by atoms with Crippen LogP contribution in [0.3, 0.4) is 0 Å². The molecule has 4 rings (SSSR count). The Kier molecular flexibility index (Phi) is 4.33. The van der Waals surface area contributed by atoms with E-state index in [1.54, 1.807) is 19.4 Å². The second-order valence-electron chi connectivity index (χ2n) is 5.59. The van der Waals surface area contributed by atoms with E-state index in [2.05, 4.69) is 15.3 Å². The van der Waals surface area contributed by atoms with Gasteiger partial charge in [0, 0.05) is 5.56 Å². The molecule has 0 radical (unpaired) electrons. The third-order valence-corrected chi connectivity index (χ3v) is 4.81. The first-order valence-electron chi connectivity index (χ1n) is 7.99. The predicted octanol–water partition coefficient (Wildman–Crippen LogP) is 4.62. The number of nitrogens with one attached hydrogen (secondary N) is 1. The van der Waals surface area contributed by atoms with Gasteiger partial charge in [0.1, 0.15) is 5.75 Å². The van der Waals surface area contributed by atoms with Gasteiger partial charge in [0.15, 0.2) is 0 Å². The largest absolute Gasteiger partial charge is 0.495 e.